The number of rotatable bonds is 84. The normalized spacial score (nSPS) is 14.1. The Morgan fingerprint density at radius 2 is 0.490 bits per heavy atom. The summed E-state index contributed by atoms with van der Waals surface area (Å²) in [5.41, 5.74) is 0. The van der Waals surface area contributed by atoms with Gasteiger partial charge in [0, 0.05) is 25.7 Å². The summed E-state index contributed by atoms with van der Waals surface area (Å²) >= 11 is 0. The molecule has 618 valence electrons. The van der Waals surface area contributed by atoms with E-state index in [1.807, 2.05) is 0 Å². The number of aliphatic hydroxyl groups excluding tert-OH is 1. The van der Waals surface area contributed by atoms with E-state index in [4.69, 9.17) is 37.0 Å². The summed E-state index contributed by atoms with van der Waals surface area (Å²) in [6.07, 6.45) is 68.0. The van der Waals surface area contributed by atoms with Crippen LogP contribution in [0.5, 0.6) is 0 Å². The van der Waals surface area contributed by atoms with Crippen molar-refractivity contribution in [2.75, 3.05) is 39.6 Å². The molecule has 0 amide bonds. The van der Waals surface area contributed by atoms with E-state index >= 15 is 0 Å². The first kappa shape index (κ1) is 102. The van der Waals surface area contributed by atoms with E-state index in [0.717, 1.165) is 102 Å². The highest BCUT2D eigenvalue weighted by atomic mass is 31.2. The quantitative estimate of drug-likeness (QED) is 0.0222. The number of hydrogen-bond acceptors (Lipinski definition) is 15. The fourth-order valence-corrected chi connectivity index (χ4v) is 14.8. The lowest BCUT2D eigenvalue weighted by Crippen LogP contribution is -2.30. The lowest BCUT2D eigenvalue weighted by atomic mass is 9.99. The maximum absolute atomic E-state index is 13.1. The number of aliphatic hydroxyl groups is 1. The minimum Gasteiger partial charge on any atom is -0.462 e. The molecule has 0 aromatic heterocycles. The fourth-order valence-electron chi connectivity index (χ4n) is 13.2. The lowest BCUT2D eigenvalue weighted by Gasteiger charge is -2.21. The molecule has 0 rings (SSSR count). The second-order valence-corrected chi connectivity index (χ2v) is 34.2. The molecule has 0 radical (unpaired) electrons. The van der Waals surface area contributed by atoms with E-state index in [-0.39, 0.29) is 25.7 Å². The molecule has 0 aromatic carbocycles. The van der Waals surface area contributed by atoms with Crippen LogP contribution in [-0.2, 0) is 65.4 Å². The zero-order valence-corrected chi connectivity index (χ0v) is 70.1. The van der Waals surface area contributed by atoms with Crippen LogP contribution in [0, 0.1) is 11.8 Å². The summed E-state index contributed by atoms with van der Waals surface area (Å²) in [5.74, 6) is -0.451. The van der Waals surface area contributed by atoms with Gasteiger partial charge in [-0.1, -0.05) is 401 Å². The van der Waals surface area contributed by atoms with Gasteiger partial charge in [-0.2, -0.15) is 0 Å². The second-order valence-electron chi connectivity index (χ2n) is 31.3. The van der Waals surface area contributed by atoms with E-state index < -0.39 is 97.5 Å². The number of ether oxygens (including phenoxy) is 4. The molecule has 0 fully saturated rings. The van der Waals surface area contributed by atoms with Crippen molar-refractivity contribution < 1.29 is 80.2 Å². The van der Waals surface area contributed by atoms with Gasteiger partial charge in [0.15, 0.2) is 12.2 Å². The Bertz CT molecular complexity index is 2000. The predicted molar refractivity (Wildman–Crippen MR) is 428 cm³/mol. The van der Waals surface area contributed by atoms with Crippen molar-refractivity contribution >= 4 is 39.5 Å². The number of carbonyl (C=O) groups is 4. The smallest absolute Gasteiger partial charge is 0.462 e. The molecule has 0 aromatic rings. The van der Waals surface area contributed by atoms with Crippen LogP contribution in [0.3, 0.4) is 0 Å². The summed E-state index contributed by atoms with van der Waals surface area (Å²) in [4.78, 5) is 73.1. The standard InChI is InChI=1S/C85H166O17P2/c1-7-10-12-14-16-18-19-20-21-22-23-24-27-34-39-45-51-57-63-69-85(90)102-81(74-96-83(88)68-62-56-50-44-38-33-28-25-26-31-36-42-47-53-59-65-77(4)5)76-100-104(93,94)98-72-79(86)71-97-103(91,92)99-75-80(73-95-82(87)67-61-55-49-41-17-15-13-11-8-2)101-84(89)70-64-58-52-46-40-35-30-29-32-37-43-48-54-60-66-78(6)9-3/h77-81,86H,7-76H2,1-6H3,(H,91,92)(H,93,94)/t78?,79-,80+,81+/m0/s1. The minimum absolute atomic E-state index is 0.108. The van der Waals surface area contributed by atoms with Crippen molar-refractivity contribution in [3.8, 4) is 0 Å². The Hall–Kier alpha value is -1.94. The fraction of sp³-hybridized carbons (Fsp3) is 0.953. The monoisotopic (exact) mass is 1520 g/mol. The van der Waals surface area contributed by atoms with Crippen LogP contribution in [0.15, 0.2) is 0 Å². The number of phosphoric ester groups is 2. The van der Waals surface area contributed by atoms with Crippen molar-refractivity contribution in [2.45, 2.75) is 471 Å². The SMILES string of the molecule is CCCCCCCCCCCCCCCCCCCCCC(=O)O[C@H](COC(=O)CCCCCCCCCCCCCCCCCC(C)C)COP(=O)(O)OC[C@@H](O)COP(=O)(O)OC[C@@H](COC(=O)CCCCCCCCCCC)OC(=O)CCCCCCCCCCCCCCCCC(C)CC. The highest BCUT2D eigenvalue weighted by Gasteiger charge is 2.30. The zero-order valence-electron chi connectivity index (χ0n) is 68.3. The molecule has 17 nitrogen and oxygen atoms in total. The van der Waals surface area contributed by atoms with E-state index in [9.17, 15) is 43.2 Å². The Morgan fingerprint density at radius 3 is 0.731 bits per heavy atom. The van der Waals surface area contributed by atoms with Gasteiger partial charge in [0.25, 0.3) is 0 Å². The van der Waals surface area contributed by atoms with Gasteiger partial charge >= 0.3 is 39.5 Å². The van der Waals surface area contributed by atoms with E-state index in [1.54, 1.807) is 0 Å². The molecule has 0 saturated carbocycles. The predicted octanol–water partition coefficient (Wildman–Crippen LogP) is 25.8. The highest BCUT2D eigenvalue weighted by Crippen LogP contribution is 2.45. The molecule has 0 saturated heterocycles. The summed E-state index contributed by atoms with van der Waals surface area (Å²) in [6.45, 7) is 9.73. The third-order valence-electron chi connectivity index (χ3n) is 20.3. The van der Waals surface area contributed by atoms with Gasteiger partial charge in [-0.15, -0.1) is 0 Å². The van der Waals surface area contributed by atoms with Crippen LogP contribution in [-0.4, -0.2) is 96.7 Å². The number of hydrogen-bond donors (Lipinski definition) is 3. The molecule has 3 N–H and O–H groups in total. The molecule has 0 spiro atoms. The zero-order chi connectivity index (χ0) is 76.4. The van der Waals surface area contributed by atoms with Gasteiger partial charge in [-0.25, -0.2) is 9.13 Å². The van der Waals surface area contributed by atoms with Gasteiger partial charge in [0.2, 0.25) is 0 Å². The molecular formula is C85H166O17P2. The van der Waals surface area contributed by atoms with Crippen molar-refractivity contribution in [2.24, 2.45) is 11.8 Å². The number of phosphoric acid groups is 2. The van der Waals surface area contributed by atoms with Crippen molar-refractivity contribution in [3.05, 3.63) is 0 Å². The largest absolute Gasteiger partial charge is 0.472 e. The Labute approximate surface area is 638 Å². The highest BCUT2D eigenvalue weighted by molar-refractivity contribution is 7.47. The Balaban J connectivity index is 5.21. The maximum atomic E-state index is 13.1. The summed E-state index contributed by atoms with van der Waals surface area (Å²) in [5, 5.41) is 10.7. The number of unbranched alkanes of at least 4 members (excludes halogenated alkanes) is 53. The third kappa shape index (κ3) is 76.8. The van der Waals surface area contributed by atoms with Crippen molar-refractivity contribution in [3.63, 3.8) is 0 Å². The number of esters is 4. The first-order valence-corrected chi connectivity index (χ1v) is 47.0. The van der Waals surface area contributed by atoms with Gasteiger partial charge in [0.05, 0.1) is 26.4 Å². The first-order valence-electron chi connectivity index (χ1n) is 44.0. The molecule has 0 aliphatic rings. The second kappa shape index (κ2) is 76.4. The van der Waals surface area contributed by atoms with Crippen LogP contribution in [0.2, 0.25) is 0 Å². The van der Waals surface area contributed by atoms with Gasteiger partial charge in [-0.3, -0.25) is 37.3 Å². The summed E-state index contributed by atoms with van der Waals surface area (Å²) in [7, 11) is -9.92. The Morgan fingerprint density at radius 1 is 0.279 bits per heavy atom. The van der Waals surface area contributed by atoms with Crippen LogP contribution >= 0.6 is 15.6 Å². The van der Waals surface area contributed by atoms with Crippen molar-refractivity contribution in [1.82, 2.24) is 0 Å². The number of carbonyl (C=O) groups excluding carboxylic acids is 4. The Kier molecular flexibility index (Phi) is 75.0. The van der Waals surface area contributed by atoms with Crippen LogP contribution in [0.4, 0.5) is 0 Å². The topological polar surface area (TPSA) is 237 Å². The van der Waals surface area contributed by atoms with Crippen LogP contribution in [0.25, 0.3) is 0 Å². The molecule has 6 atom stereocenters. The molecule has 0 aliphatic heterocycles. The first-order chi connectivity index (χ1) is 50.4. The average Bonchev–Trinajstić information content (AvgIpc) is 0.903. The third-order valence-corrected chi connectivity index (χ3v) is 22.2. The summed E-state index contributed by atoms with van der Waals surface area (Å²) < 4.78 is 68.8. The molecule has 19 heteroatoms. The van der Waals surface area contributed by atoms with Gasteiger partial charge in [0.1, 0.15) is 19.3 Å². The van der Waals surface area contributed by atoms with Crippen molar-refractivity contribution in [1.29, 1.82) is 0 Å². The van der Waals surface area contributed by atoms with Crippen LogP contribution < -0.4 is 0 Å². The molecule has 104 heavy (non-hydrogen) atoms. The molecule has 3 unspecified atom stereocenters. The molecule has 0 aliphatic carbocycles. The van der Waals surface area contributed by atoms with Gasteiger partial charge < -0.3 is 33.8 Å². The van der Waals surface area contributed by atoms with Gasteiger partial charge in [-0.05, 0) is 37.5 Å². The van der Waals surface area contributed by atoms with E-state index in [2.05, 4.69) is 41.5 Å². The van der Waals surface area contributed by atoms with E-state index in [0.29, 0.717) is 25.7 Å². The summed E-state index contributed by atoms with van der Waals surface area (Å²) in [6, 6.07) is 0. The van der Waals surface area contributed by atoms with E-state index in [1.165, 1.54) is 270 Å². The molecule has 0 heterocycles. The molecular weight excluding hydrogens is 1350 g/mol. The lowest BCUT2D eigenvalue weighted by molar-refractivity contribution is -0.161. The maximum Gasteiger partial charge on any atom is 0.472 e. The van der Waals surface area contributed by atoms with Crippen LogP contribution in [0.1, 0.15) is 452 Å². The average molecular weight is 1520 g/mol. The molecule has 0 bridgehead atoms. The minimum atomic E-state index is -4.96.